The Bertz CT molecular complexity index is 413. The molecule has 1 saturated heterocycles. The van der Waals surface area contributed by atoms with Gasteiger partial charge in [0.05, 0.1) is 11.8 Å². The Morgan fingerprint density at radius 2 is 2.06 bits per heavy atom. The number of hydrogen-bond acceptors (Lipinski definition) is 3. The van der Waals surface area contributed by atoms with E-state index in [2.05, 4.69) is 9.55 Å². The maximum atomic E-state index is 9.98. The van der Waals surface area contributed by atoms with Gasteiger partial charge in [0.25, 0.3) is 0 Å². The molecular formula is C12H17ClN2O2. The lowest BCUT2D eigenvalue weighted by Gasteiger charge is -2.26. The third kappa shape index (κ3) is 1.98. The first kappa shape index (κ1) is 11.5. The van der Waals surface area contributed by atoms with Crippen molar-refractivity contribution in [1.29, 1.82) is 0 Å². The summed E-state index contributed by atoms with van der Waals surface area (Å²) in [6, 6.07) is 0. The topological polar surface area (TPSA) is 47.3 Å². The van der Waals surface area contributed by atoms with Gasteiger partial charge in [0.15, 0.2) is 5.15 Å². The van der Waals surface area contributed by atoms with Crippen molar-refractivity contribution in [2.45, 2.75) is 44.2 Å². The smallest absolute Gasteiger partial charge is 0.153 e. The van der Waals surface area contributed by atoms with Crippen molar-refractivity contribution in [2.24, 2.45) is 0 Å². The second-order valence-electron chi connectivity index (χ2n) is 4.84. The molecule has 3 rings (SSSR count). The summed E-state index contributed by atoms with van der Waals surface area (Å²) < 4.78 is 7.51. The van der Waals surface area contributed by atoms with Crippen LogP contribution in [0.1, 0.15) is 49.2 Å². The summed E-state index contributed by atoms with van der Waals surface area (Å²) in [5.74, 6) is 1.48. The van der Waals surface area contributed by atoms with Crippen molar-refractivity contribution in [3.05, 3.63) is 16.7 Å². The first-order valence-electron chi connectivity index (χ1n) is 6.29. The van der Waals surface area contributed by atoms with E-state index >= 15 is 0 Å². The summed E-state index contributed by atoms with van der Waals surface area (Å²) in [5.41, 5.74) is 0.819. The SMILES string of the molecule is OC1CCCn2c(C3CCOCC3)nc(Cl)c21. The molecule has 1 N–H and O–H groups in total. The van der Waals surface area contributed by atoms with E-state index in [1.165, 1.54) is 0 Å². The second-order valence-corrected chi connectivity index (χ2v) is 5.20. The van der Waals surface area contributed by atoms with Gasteiger partial charge in [-0.15, -0.1) is 0 Å². The quantitative estimate of drug-likeness (QED) is 0.838. The van der Waals surface area contributed by atoms with Crippen LogP contribution in [-0.2, 0) is 11.3 Å². The summed E-state index contributed by atoms with van der Waals surface area (Å²) in [6.07, 6.45) is 3.35. The third-order valence-corrected chi connectivity index (χ3v) is 4.03. The van der Waals surface area contributed by atoms with Gasteiger partial charge in [0, 0.05) is 25.7 Å². The Morgan fingerprint density at radius 3 is 2.82 bits per heavy atom. The number of rotatable bonds is 1. The van der Waals surface area contributed by atoms with Crippen molar-refractivity contribution >= 4 is 11.6 Å². The molecule has 0 aliphatic carbocycles. The minimum absolute atomic E-state index is 0.431. The molecule has 0 bridgehead atoms. The highest BCUT2D eigenvalue weighted by Crippen LogP contribution is 2.36. The lowest BCUT2D eigenvalue weighted by molar-refractivity contribution is 0.0816. The fraction of sp³-hybridized carbons (Fsp3) is 0.750. The van der Waals surface area contributed by atoms with Crippen LogP contribution in [0.2, 0.25) is 5.15 Å². The summed E-state index contributed by atoms with van der Waals surface area (Å²) in [4.78, 5) is 4.48. The first-order valence-corrected chi connectivity index (χ1v) is 6.67. The average molecular weight is 257 g/mol. The lowest BCUT2D eigenvalue weighted by atomic mass is 9.98. The van der Waals surface area contributed by atoms with Crippen LogP contribution in [0.5, 0.6) is 0 Å². The summed E-state index contributed by atoms with van der Waals surface area (Å²) in [5, 5.41) is 10.5. The van der Waals surface area contributed by atoms with Crippen LogP contribution in [0.25, 0.3) is 0 Å². The van der Waals surface area contributed by atoms with Gasteiger partial charge in [-0.05, 0) is 25.7 Å². The van der Waals surface area contributed by atoms with Gasteiger partial charge in [0.2, 0.25) is 0 Å². The predicted octanol–water partition coefficient (Wildman–Crippen LogP) is 2.26. The summed E-state index contributed by atoms with van der Waals surface area (Å²) >= 11 is 6.15. The van der Waals surface area contributed by atoms with Gasteiger partial charge >= 0.3 is 0 Å². The minimum Gasteiger partial charge on any atom is -0.387 e. The van der Waals surface area contributed by atoms with E-state index in [0.717, 1.165) is 57.0 Å². The summed E-state index contributed by atoms with van der Waals surface area (Å²) in [6.45, 7) is 2.53. The zero-order chi connectivity index (χ0) is 11.8. The molecule has 1 atom stereocenters. The van der Waals surface area contributed by atoms with Crippen LogP contribution in [0.3, 0.4) is 0 Å². The largest absolute Gasteiger partial charge is 0.387 e. The van der Waals surface area contributed by atoms with Gasteiger partial charge in [-0.25, -0.2) is 4.98 Å². The number of halogens is 1. The number of fused-ring (bicyclic) bond motifs is 1. The number of ether oxygens (including phenoxy) is 1. The Labute approximate surface area is 106 Å². The molecule has 2 aliphatic rings. The molecule has 3 heterocycles. The van der Waals surface area contributed by atoms with Crippen LogP contribution in [0, 0.1) is 0 Å². The Hall–Kier alpha value is -0.580. The molecular weight excluding hydrogens is 240 g/mol. The molecule has 0 spiro atoms. The normalized spacial score (nSPS) is 25.9. The molecule has 5 heteroatoms. The van der Waals surface area contributed by atoms with Crippen molar-refractivity contribution < 1.29 is 9.84 Å². The highest BCUT2D eigenvalue weighted by molar-refractivity contribution is 6.30. The lowest BCUT2D eigenvalue weighted by Crippen LogP contribution is -2.22. The molecule has 0 amide bonds. The van der Waals surface area contributed by atoms with Crippen LogP contribution >= 0.6 is 11.6 Å². The molecule has 2 aliphatic heterocycles. The zero-order valence-electron chi connectivity index (χ0n) is 9.73. The van der Waals surface area contributed by atoms with E-state index in [0.29, 0.717) is 11.1 Å². The van der Waals surface area contributed by atoms with E-state index in [4.69, 9.17) is 16.3 Å². The molecule has 1 unspecified atom stereocenters. The molecule has 94 valence electrons. The summed E-state index contributed by atoms with van der Waals surface area (Å²) in [7, 11) is 0. The van der Waals surface area contributed by atoms with Crippen LogP contribution < -0.4 is 0 Å². The maximum absolute atomic E-state index is 9.98. The molecule has 4 nitrogen and oxygen atoms in total. The van der Waals surface area contributed by atoms with Gasteiger partial charge in [0.1, 0.15) is 5.82 Å². The fourth-order valence-corrected chi connectivity index (χ4v) is 3.17. The van der Waals surface area contributed by atoms with Gasteiger partial charge < -0.3 is 14.4 Å². The molecule has 1 aromatic heterocycles. The van der Waals surface area contributed by atoms with Crippen molar-refractivity contribution in [3.8, 4) is 0 Å². The number of aliphatic hydroxyl groups is 1. The molecule has 1 fully saturated rings. The average Bonchev–Trinajstić information content (AvgIpc) is 2.69. The molecule has 17 heavy (non-hydrogen) atoms. The Balaban J connectivity index is 1.97. The number of nitrogens with zero attached hydrogens (tertiary/aromatic N) is 2. The molecule has 0 saturated carbocycles. The minimum atomic E-state index is -0.447. The third-order valence-electron chi connectivity index (χ3n) is 3.75. The Morgan fingerprint density at radius 1 is 1.29 bits per heavy atom. The number of aromatic nitrogens is 2. The van der Waals surface area contributed by atoms with E-state index in [-0.39, 0.29) is 0 Å². The van der Waals surface area contributed by atoms with Crippen molar-refractivity contribution in [3.63, 3.8) is 0 Å². The second kappa shape index (κ2) is 4.59. The monoisotopic (exact) mass is 256 g/mol. The van der Waals surface area contributed by atoms with Crippen LogP contribution in [0.15, 0.2) is 0 Å². The predicted molar refractivity (Wildman–Crippen MR) is 64.2 cm³/mol. The maximum Gasteiger partial charge on any atom is 0.153 e. The number of aliphatic hydroxyl groups excluding tert-OH is 1. The highest BCUT2D eigenvalue weighted by atomic mass is 35.5. The van der Waals surface area contributed by atoms with E-state index in [1.54, 1.807) is 0 Å². The van der Waals surface area contributed by atoms with Crippen molar-refractivity contribution in [1.82, 2.24) is 9.55 Å². The van der Waals surface area contributed by atoms with Gasteiger partial charge in [-0.2, -0.15) is 0 Å². The Kier molecular flexibility index (Phi) is 3.11. The highest BCUT2D eigenvalue weighted by Gasteiger charge is 2.29. The standard InChI is InChI=1S/C12H17ClN2O2/c13-11-10-9(16)2-1-5-15(10)12(14-11)8-3-6-17-7-4-8/h8-9,16H,1-7H2. The van der Waals surface area contributed by atoms with Crippen LogP contribution in [0.4, 0.5) is 0 Å². The first-order chi connectivity index (χ1) is 8.27. The molecule has 0 radical (unpaired) electrons. The van der Waals surface area contributed by atoms with E-state index in [9.17, 15) is 5.11 Å². The van der Waals surface area contributed by atoms with Gasteiger partial charge in [-0.3, -0.25) is 0 Å². The number of hydrogen-bond donors (Lipinski definition) is 1. The zero-order valence-corrected chi connectivity index (χ0v) is 10.5. The van der Waals surface area contributed by atoms with Crippen LogP contribution in [-0.4, -0.2) is 27.9 Å². The fourth-order valence-electron chi connectivity index (χ4n) is 2.85. The van der Waals surface area contributed by atoms with E-state index < -0.39 is 6.10 Å². The molecule has 1 aromatic rings. The number of imidazole rings is 1. The van der Waals surface area contributed by atoms with E-state index in [1.807, 2.05) is 0 Å². The van der Waals surface area contributed by atoms with Crippen molar-refractivity contribution in [2.75, 3.05) is 13.2 Å². The van der Waals surface area contributed by atoms with Gasteiger partial charge in [-0.1, -0.05) is 11.6 Å². The molecule has 0 aromatic carbocycles.